The molecule has 5 atom stereocenters. The molecule has 1 aliphatic heterocycles. The summed E-state index contributed by atoms with van der Waals surface area (Å²) < 4.78 is 76.7. The minimum atomic E-state index is -4.66. The summed E-state index contributed by atoms with van der Waals surface area (Å²) in [6, 6.07) is 12.6. The molecule has 2 aromatic rings. The van der Waals surface area contributed by atoms with E-state index in [1.54, 1.807) is 19.3 Å². The standard InChI is InChI=1S/C31H40F3N3O6S/c1-37(44(40,41)16-14-31(32,33)34)26-11-7-4-8-15-43-28-18-22-12-13-23(42-2)19-24(22)29(28)35-20-27(38)25(36-30(26)39)17-21-9-5-3-6-10-21/h3-6,8-10,12-13,19,25-29,35,38H,7,11,14-18,20H2,1-2H3,(H,36,39)/t25-,26-,27+,28-,29+/m0/s1. The number of nitrogens with zero attached hydrogens (tertiary/aromatic N) is 1. The highest BCUT2D eigenvalue weighted by atomic mass is 32.2. The van der Waals surface area contributed by atoms with Gasteiger partial charge in [-0.2, -0.15) is 17.5 Å². The van der Waals surface area contributed by atoms with Crippen molar-refractivity contribution < 1.29 is 41.0 Å². The van der Waals surface area contributed by atoms with E-state index in [0.717, 1.165) is 28.0 Å². The van der Waals surface area contributed by atoms with Crippen molar-refractivity contribution in [1.29, 1.82) is 0 Å². The number of aliphatic hydroxyl groups is 1. The molecule has 1 aliphatic carbocycles. The number of hydrogen-bond acceptors (Lipinski definition) is 7. The number of nitrogens with one attached hydrogen (secondary N) is 2. The van der Waals surface area contributed by atoms with Crippen LogP contribution in [0.3, 0.4) is 0 Å². The van der Waals surface area contributed by atoms with Gasteiger partial charge < -0.3 is 25.2 Å². The van der Waals surface area contributed by atoms with Crippen LogP contribution in [0.1, 0.15) is 42.0 Å². The number of ether oxygens (including phenoxy) is 2. The van der Waals surface area contributed by atoms with Crippen LogP contribution in [0.15, 0.2) is 60.7 Å². The van der Waals surface area contributed by atoms with Crippen LogP contribution in [-0.2, 0) is 32.4 Å². The van der Waals surface area contributed by atoms with Crippen molar-refractivity contribution in [2.24, 2.45) is 0 Å². The van der Waals surface area contributed by atoms with Crippen LogP contribution in [0.4, 0.5) is 13.2 Å². The molecular formula is C31H40F3N3O6S. The quantitative estimate of drug-likeness (QED) is 0.398. The van der Waals surface area contributed by atoms with E-state index < -0.39 is 52.5 Å². The molecule has 4 rings (SSSR count). The Labute approximate surface area is 256 Å². The van der Waals surface area contributed by atoms with E-state index in [4.69, 9.17) is 9.47 Å². The number of fused-ring (bicyclic) bond motifs is 3. The summed E-state index contributed by atoms with van der Waals surface area (Å²) in [5, 5.41) is 17.7. The number of methoxy groups -OCH3 is 1. The number of alkyl halides is 3. The number of benzene rings is 2. The van der Waals surface area contributed by atoms with Gasteiger partial charge in [0, 0.05) is 20.0 Å². The maximum Gasteiger partial charge on any atom is 0.390 e. The lowest BCUT2D eigenvalue weighted by Gasteiger charge is -2.31. The lowest BCUT2D eigenvalue weighted by molar-refractivity contribution is -0.130. The molecule has 9 nitrogen and oxygen atoms in total. The van der Waals surface area contributed by atoms with E-state index in [0.29, 0.717) is 12.2 Å². The highest BCUT2D eigenvalue weighted by Crippen LogP contribution is 2.36. The average Bonchev–Trinajstić information content (AvgIpc) is 3.33. The lowest BCUT2D eigenvalue weighted by atomic mass is 9.99. The second-order valence-corrected chi connectivity index (χ2v) is 13.3. The maximum absolute atomic E-state index is 13.7. The number of allylic oxidation sites excluding steroid dienone is 1. The van der Waals surface area contributed by atoms with Gasteiger partial charge in [0.05, 0.1) is 50.2 Å². The van der Waals surface area contributed by atoms with E-state index in [1.807, 2.05) is 48.5 Å². The predicted octanol–water partition coefficient (Wildman–Crippen LogP) is 3.29. The first-order valence-electron chi connectivity index (χ1n) is 14.6. The third kappa shape index (κ3) is 9.04. The van der Waals surface area contributed by atoms with E-state index in [-0.39, 0.29) is 44.6 Å². The van der Waals surface area contributed by atoms with Crippen molar-refractivity contribution in [1.82, 2.24) is 14.9 Å². The minimum absolute atomic E-state index is 0.0216. The van der Waals surface area contributed by atoms with Gasteiger partial charge >= 0.3 is 6.18 Å². The van der Waals surface area contributed by atoms with Crippen LogP contribution < -0.4 is 15.4 Å². The summed E-state index contributed by atoms with van der Waals surface area (Å²) >= 11 is 0. The first-order valence-corrected chi connectivity index (χ1v) is 16.2. The minimum Gasteiger partial charge on any atom is -0.497 e. The number of aliphatic hydroxyl groups excluding tert-OH is 1. The van der Waals surface area contributed by atoms with Crippen LogP contribution in [0.2, 0.25) is 0 Å². The Bertz CT molecular complexity index is 1390. The molecule has 0 aromatic heterocycles. The van der Waals surface area contributed by atoms with Crippen molar-refractivity contribution in [3.05, 3.63) is 77.4 Å². The molecule has 3 N–H and O–H groups in total. The van der Waals surface area contributed by atoms with Gasteiger partial charge in [0.2, 0.25) is 15.9 Å². The second-order valence-electron chi connectivity index (χ2n) is 11.2. The summed E-state index contributed by atoms with van der Waals surface area (Å²) in [5.74, 6) is -1.18. The van der Waals surface area contributed by atoms with Gasteiger partial charge in [0.25, 0.3) is 0 Å². The number of hydrogen-bond donors (Lipinski definition) is 3. The highest BCUT2D eigenvalue weighted by molar-refractivity contribution is 7.89. The van der Waals surface area contributed by atoms with Crippen LogP contribution in [0, 0.1) is 0 Å². The number of likely N-dealkylation sites (N-methyl/N-ethyl adjacent to an activating group) is 1. The van der Waals surface area contributed by atoms with Crippen molar-refractivity contribution in [2.45, 2.75) is 68.6 Å². The van der Waals surface area contributed by atoms with Gasteiger partial charge in [0.1, 0.15) is 11.8 Å². The SMILES string of the molecule is COc1ccc2c(c1)[C@H]1NC[C@@H](O)[C@H](Cc3ccccc3)NC(=O)[C@@H](N(C)S(=O)(=O)CCC(F)(F)F)CCC=CCO[C@H]1C2. The Morgan fingerprint density at radius 1 is 1.14 bits per heavy atom. The first-order chi connectivity index (χ1) is 20.9. The van der Waals surface area contributed by atoms with Crippen molar-refractivity contribution >= 4 is 15.9 Å². The number of amides is 1. The third-order valence-electron chi connectivity index (χ3n) is 8.12. The molecule has 1 amide bonds. The molecule has 13 heteroatoms. The monoisotopic (exact) mass is 639 g/mol. The fourth-order valence-corrected chi connectivity index (χ4v) is 6.97. The molecule has 0 saturated carbocycles. The summed E-state index contributed by atoms with van der Waals surface area (Å²) in [7, 11) is -1.72. The van der Waals surface area contributed by atoms with Gasteiger partial charge in [-0.15, -0.1) is 0 Å². The summed E-state index contributed by atoms with van der Waals surface area (Å²) in [4.78, 5) is 13.7. The van der Waals surface area contributed by atoms with Gasteiger partial charge in [-0.3, -0.25) is 4.79 Å². The number of rotatable bonds is 7. The molecule has 0 unspecified atom stereocenters. The number of β-amino-alcohol motifs (C(OH)–C–C–N with tert-alkyl or cyclic N) is 1. The fraction of sp³-hybridized carbons (Fsp3) is 0.516. The van der Waals surface area contributed by atoms with Gasteiger partial charge in [-0.05, 0) is 48.1 Å². The zero-order valence-electron chi connectivity index (χ0n) is 24.8. The number of carbonyl (C=O) groups excluding carboxylic acids is 1. The molecule has 2 aromatic carbocycles. The van der Waals surface area contributed by atoms with E-state index in [9.17, 15) is 31.5 Å². The van der Waals surface area contributed by atoms with E-state index in [1.165, 1.54) is 0 Å². The van der Waals surface area contributed by atoms with E-state index >= 15 is 0 Å². The molecule has 242 valence electrons. The topological polar surface area (TPSA) is 117 Å². The maximum atomic E-state index is 13.7. The highest BCUT2D eigenvalue weighted by Gasteiger charge is 2.38. The predicted molar refractivity (Wildman–Crippen MR) is 160 cm³/mol. The first kappa shape index (κ1) is 33.9. The molecule has 2 aliphatic rings. The fourth-order valence-electron chi connectivity index (χ4n) is 5.61. The summed E-state index contributed by atoms with van der Waals surface area (Å²) in [5.41, 5.74) is 2.92. The normalized spacial score (nSPS) is 25.4. The van der Waals surface area contributed by atoms with Gasteiger partial charge in [-0.25, -0.2) is 8.42 Å². The summed E-state index contributed by atoms with van der Waals surface area (Å²) in [6.45, 7) is 0.322. The molecule has 0 radical (unpaired) electrons. The molecule has 0 spiro atoms. The molecule has 0 saturated heterocycles. The average molecular weight is 640 g/mol. The van der Waals surface area contributed by atoms with E-state index in [2.05, 4.69) is 10.6 Å². The second kappa shape index (κ2) is 14.9. The lowest BCUT2D eigenvalue weighted by Crippen LogP contribution is -2.55. The third-order valence-corrected chi connectivity index (χ3v) is 9.97. The van der Waals surface area contributed by atoms with Gasteiger partial charge in [0.15, 0.2) is 0 Å². The zero-order chi connectivity index (χ0) is 31.9. The number of sulfonamides is 1. The van der Waals surface area contributed by atoms with Crippen molar-refractivity contribution in [3.8, 4) is 5.75 Å². The Morgan fingerprint density at radius 3 is 2.59 bits per heavy atom. The van der Waals surface area contributed by atoms with Crippen molar-refractivity contribution in [2.75, 3.05) is 33.1 Å². The van der Waals surface area contributed by atoms with Crippen LogP contribution in [0.25, 0.3) is 0 Å². The number of carbonyl (C=O) groups is 1. The van der Waals surface area contributed by atoms with Crippen molar-refractivity contribution in [3.63, 3.8) is 0 Å². The molecule has 44 heavy (non-hydrogen) atoms. The number of halogens is 3. The largest absolute Gasteiger partial charge is 0.497 e. The molecular weight excluding hydrogens is 599 g/mol. The Kier molecular flexibility index (Phi) is 11.5. The van der Waals surface area contributed by atoms with Crippen LogP contribution in [0.5, 0.6) is 5.75 Å². The van der Waals surface area contributed by atoms with Gasteiger partial charge in [-0.1, -0.05) is 48.6 Å². The molecule has 0 fully saturated rings. The zero-order valence-corrected chi connectivity index (χ0v) is 25.6. The van der Waals surface area contributed by atoms with Crippen LogP contribution in [-0.4, -0.2) is 87.3 Å². The smallest absolute Gasteiger partial charge is 0.390 e. The Hall–Kier alpha value is -2.97. The Balaban J connectivity index is 1.61. The molecule has 0 bridgehead atoms. The summed E-state index contributed by atoms with van der Waals surface area (Å²) in [6.07, 6.45) is -2.81. The Morgan fingerprint density at radius 2 is 1.89 bits per heavy atom. The van der Waals surface area contributed by atoms with Crippen LogP contribution >= 0.6 is 0 Å². The molecule has 1 heterocycles.